The maximum Gasteiger partial charge on any atom is 0.0102 e. The van der Waals surface area contributed by atoms with Crippen molar-refractivity contribution in [1.82, 2.24) is 5.32 Å². The van der Waals surface area contributed by atoms with Crippen LogP contribution < -0.4 is 5.32 Å². The molecule has 0 aliphatic rings. The first kappa shape index (κ1) is 14.7. The summed E-state index contributed by atoms with van der Waals surface area (Å²) in [6.45, 7) is 11.4. The summed E-state index contributed by atoms with van der Waals surface area (Å²) < 4.78 is 0. The Morgan fingerprint density at radius 1 is 1.12 bits per heavy atom. The second kappa shape index (κ2) is 7.17. The molecule has 0 spiro atoms. The fraction of sp³-hybridized carbons (Fsp3) is 0.733. The topological polar surface area (TPSA) is 12.0 Å². The lowest BCUT2D eigenvalue weighted by molar-refractivity contribution is 0.604. The Balaban J connectivity index is 2.21. The van der Waals surface area contributed by atoms with E-state index in [4.69, 9.17) is 0 Å². The lowest BCUT2D eigenvalue weighted by atomic mass is 9.95. The van der Waals surface area contributed by atoms with Crippen molar-refractivity contribution in [1.29, 1.82) is 0 Å². The highest BCUT2D eigenvalue weighted by Crippen LogP contribution is 2.30. The van der Waals surface area contributed by atoms with Gasteiger partial charge in [-0.25, -0.2) is 0 Å². The molecule has 0 unspecified atom stereocenters. The fourth-order valence-corrected chi connectivity index (χ4v) is 2.87. The zero-order valence-corrected chi connectivity index (χ0v) is 12.6. The largest absolute Gasteiger partial charge is 0.317 e. The van der Waals surface area contributed by atoms with E-state index in [1.165, 1.54) is 37.1 Å². The van der Waals surface area contributed by atoms with Crippen LogP contribution >= 0.6 is 11.3 Å². The molecule has 0 saturated carbocycles. The average Bonchev–Trinajstić information content (AvgIpc) is 2.71. The molecule has 0 radical (unpaired) electrons. The van der Waals surface area contributed by atoms with Gasteiger partial charge < -0.3 is 5.32 Å². The Kier molecular flexibility index (Phi) is 6.21. The number of hydrogen-bond acceptors (Lipinski definition) is 2. The molecule has 0 fully saturated rings. The van der Waals surface area contributed by atoms with E-state index in [1.54, 1.807) is 4.88 Å². The molecule has 17 heavy (non-hydrogen) atoms. The fourth-order valence-electron chi connectivity index (χ4n) is 1.77. The number of hydrogen-bond donors (Lipinski definition) is 1. The van der Waals surface area contributed by atoms with E-state index in [0.29, 0.717) is 5.41 Å². The van der Waals surface area contributed by atoms with Crippen molar-refractivity contribution in [2.24, 2.45) is 0 Å². The average molecular weight is 253 g/mol. The summed E-state index contributed by atoms with van der Waals surface area (Å²) in [6, 6.07) is 4.61. The van der Waals surface area contributed by atoms with Crippen LogP contribution in [0.3, 0.4) is 0 Å². The van der Waals surface area contributed by atoms with Crippen molar-refractivity contribution in [3.63, 3.8) is 0 Å². The lowest BCUT2D eigenvalue weighted by Gasteiger charge is -2.15. The zero-order valence-electron chi connectivity index (χ0n) is 11.8. The van der Waals surface area contributed by atoms with Crippen molar-refractivity contribution in [3.8, 4) is 0 Å². The zero-order chi connectivity index (χ0) is 12.7. The smallest absolute Gasteiger partial charge is 0.0102 e. The second-order valence-corrected chi connectivity index (χ2v) is 6.89. The second-order valence-electron chi connectivity index (χ2n) is 5.72. The third-order valence-electron chi connectivity index (χ3n) is 2.85. The van der Waals surface area contributed by atoms with Gasteiger partial charge in [-0.1, -0.05) is 27.7 Å². The van der Waals surface area contributed by atoms with Gasteiger partial charge in [0, 0.05) is 9.75 Å². The number of aryl methyl sites for hydroxylation is 1. The van der Waals surface area contributed by atoms with Gasteiger partial charge >= 0.3 is 0 Å². The van der Waals surface area contributed by atoms with Gasteiger partial charge in [0.2, 0.25) is 0 Å². The monoisotopic (exact) mass is 253 g/mol. The van der Waals surface area contributed by atoms with Crippen molar-refractivity contribution in [2.75, 3.05) is 13.1 Å². The summed E-state index contributed by atoms with van der Waals surface area (Å²) in [5, 5.41) is 3.45. The predicted molar refractivity (Wildman–Crippen MR) is 79.1 cm³/mol. The molecule has 0 aliphatic carbocycles. The Bertz CT molecular complexity index is 309. The molecular weight excluding hydrogens is 226 g/mol. The first-order valence-electron chi connectivity index (χ1n) is 6.84. The van der Waals surface area contributed by atoms with Crippen LogP contribution in [0.15, 0.2) is 12.1 Å². The van der Waals surface area contributed by atoms with Crippen LogP contribution in [0.2, 0.25) is 0 Å². The summed E-state index contributed by atoms with van der Waals surface area (Å²) in [7, 11) is 0. The molecule has 1 heterocycles. The highest BCUT2D eigenvalue weighted by Gasteiger charge is 2.15. The molecule has 0 amide bonds. The molecule has 1 N–H and O–H groups in total. The molecule has 0 bridgehead atoms. The predicted octanol–water partition coefficient (Wildman–Crippen LogP) is 4.37. The number of rotatable bonds is 7. The molecule has 1 aromatic rings. The molecule has 0 saturated heterocycles. The van der Waals surface area contributed by atoms with Gasteiger partial charge in [-0.05, 0) is 56.3 Å². The molecule has 1 rings (SSSR count). The van der Waals surface area contributed by atoms with Crippen molar-refractivity contribution < 1.29 is 0 Å². The first-order chi connectivity index (χ1) is 8.04. The highest BCUT2D eigenvalue weighted by atomic mass is 32.1. The maximum atomic E-state index is 3.45. The van der Waals surface area contributed by atoms with E-state index in [0.717, 1.165) is 6.54 Å². The maximum absolute atomic E-state index is 3.45. The van der Waals surface area contributed by atoms with E-state index in [-0.39, 0.29) is 0 Å². The number of nitrogens with one attached hydrogen (secondary N) is 1. The summed E-state index contributed by atoms with van der Waals surface area (Å²) >= 11 is 1.99. The number of thiophene rings is 1. The molecule has 2 heteroatoms. The van der Waals surface area contributed by atoms with Crippen molar-refractivity contribution in [2.45, 2.75) is 58.8 Å². The van der Waals surface area contributed by atoms with Crippen molar-refractivity contribution in [3.05, 3.63) is 21.9 Å². The molecule has 0 atom stereocenters. The van der Waals surface area contributed by atoms with Crippen LogP contribution in [-0.4, -0.2) is 13.1 Å². The van der Waals surface area contributed by atoms with Crippen LogP contribution in [0.1, 0.15) is 56.7 Å². The molecule has 1 nitrogen and oxygen atoms in total. The quantitative estimate of drug-likeness (QED) is 0.712. The van der Waals surface area contributed by atoms with E-state index in [2.05, 4.69) is 45.1 Å². The Morgan fingerprint density at radius 2 is 1.88 bits per heavy atom. The van der Waals surface area contributed by atoms with E-state index < -0.39 is 0 Å². The normalized spacial score (nSPS) is 12.0. The van der Waals surface area contributed by atoms with Crippen LogP contribution in [0.4, 0.5) is 0 Å². The lowest BCUT2D eigenvalue weighted by Crippen LogP contribution is -2.15. The molecular formula is C15H27NS. The summed E-state index contributed by atoms with van der Waals surface area (Å²) in [6.07, 6.45) is 5.08. The standard InChI is InChI=1S/C15H27NS/c1-5-11-16-12-7-6-8-13-9-10-14(17-13)15(2,3)4/h9-10,16H,5-8,11-12H2,1-4H3. The van der Waals surface area contributed by atoms with Gasteiger partial charge in [0.1, 0.15) is 0 Å². The van der Waals surface area contributed by atoms with Gasteiger partial charge in [0.25, 0.3) is 0 Å². The van der Waals surface area contributed by atoms with Gasteiger partial charge in [-0.3, -0.25) is 0 Å². The van der Waals surface area contributed by atoms with Crippen LogP contribution in [-0.2, 0) is 11.8 Å². The van der Waals surface area contributed by atoms with Gasteiger partial charge in [-0.15, -0.1) is 11.3 Å². The Morgan fingerprint density at radius 3 is 2.47 bits per heavy atom. The first-order valence-corrected chi connectivity index (χ1v) is 7.65. The van der Waals surface area contributed by atoms with Gasteiger partial charge in [0.05, 0.1) is 0 Å². The third-order valence-corrected chi connectivity index (χ3v) is 4.43. The van der Waals surface area contributed by atoms with Gasteiger partial charge in [0.15, 0.2) is 0 Å². The minimum Gasteiger partial charge on any atom is -0.317 e. The highest BCUT2D eigenvalue weighted by molar-refractivity contribution is 7.12. The van der Waals surface area contributed by atoms with Crippen molar-refractivity contribution >= 4 is 11.3 Å². The summed E-state index contributed by atoms with van der Waals surface area (Å²) in [5.74, 6) is 0. The summed E-state index contributed by atoms with van der Waals surface area (Å²) in [4.78, 5) is 3.06. The molecule has 98 valence electrons. The van der Waals surface area contributed by atoms with E-state index in [1.807, 2.05) is 11.3 Å². The van der Waals surface area contributed by atoms with E-state index in [9.17, 15) is 0 Å². The van der Waals surface area contributed by atoms with Gasteiger partial charge in [-0.2, -0.15) is 0 Å². The minimum absolute atomic E-state index is 0.311. The Labute approximate surface area is 111 Å². The van der Waals surface area contributed by atoms with Crippen LogP contribution in [0, 0.1) is 0 Å². The Hall–Kier alpha value is -0.340. The third kappa shape index (κ3) is 5.69. The summed E-state index contributed by atoms with van der Waals surface area (Å²) in [5.41, 5.74) is 0.311. The van der Waals surface area contributed by atoms with Crippen LogP contribution in [0.5, 0.6) is 0 Å². The number of unbranched alkanes of at least 4 members (excludes halogenated alkanes) is 1. The molecule has 0 aromatic carbocycles. The molecule has 0 aliphatic heterocycles. The minimum atomic E-state index is 0.311. The van der Waals surface area contributed by atoms with Crippen LogP contribution in [0.25, 0.3) is 0 Å². The van der Waals surface area contributed by atoms with E-state index >= 15 is 0 Å². The SMILES string of the molecule is CCCNCCCCc1ccc(C(C)(C)C)s1. The molecule has 1 aromatic heterocycles.